The summed E-state index contributed by atoms with van der Waals surface area (Å²) >= 11 is 0. The van der Waals surface area contributed by atoms with Crippen LogP contribution in [-0.2, 0) is 0 Å². The van der Waals surface area contributed by atoms with Gasteiger partial charge in [-0.15, -0.1) is 0 Å². The van der Waals surface area contributed by atoms with Gasteiger partial charge in [-0.05, 0) is 42.8 Å². The highest BCUT2D eigenvalue weighted by atomic mass is 16.6. The summed E-state index contributed by atoms with van der Waals surface area (Å²) < 4.78 is 5.38. The zero-order chi connectivity index (χ0) is 15.2. The highest BCUT2D eigenvalue weighted by Crippen LogP contribution is 2.29. The molecule has 0 saturated heterocycles. The molecular weight excluding hydrogens is 270 g/mol. The molecule has 21 heavy (non-hydrogen) atoms. The summed E-state index contributed by atoms with van der Waals surface area (Å²) in [4.78, 5) is 10.6. The molecule has 0 saturated carbocycles. The van der Waals surface area contributed by atoms with Crippen molar-refractivity contribution >= 4 is 17.1 Å². The molecule has 2 aromatic carbocycles. The van der Waals surface area contributed by atoms with Gasteiger partial charge in [0.15, 0.2) is 0 Å². The molecular formula is C15H17N3O3. The molecule has 0 atom stereocenters. The zero-order valence-corrected chi connectivity index (χ0v) is 11.7. The van der Waals surface area contributed by atoms with Gasteiger partial charge in [-0.3, -0.25) is 10.1 Å². The molecule has 0 amide bonds. The van der Waals surface area contributed by atoms with E-state index in [1.54, 1.807) is 36.4 Å². The minimum absolute atomic E-state index is 0.0454. The molecule has 0 spiro atoms. The van der Waals surface area contributed by atoms with Crippen molar-refractivity contribution in [3.05, 3.63) is 58.1 Å². The molecule has 0 aliphatic carbocycles. The average molecular weight is 287 g/mol. The third-order valence-electron chi connectivity index (χ3n) is 2.87. The van der Waals surface area contributed by atoms with Gasteiger partial charge in [0, 0.05) is 18.3 Å². The van der Waals surface area contributed by atoms with Crippen LogP contribution in [0, 0.1) is 17.0 Å². The molecule has 0 aliphatic rings. The van der Waals surface area contributed by atoms with Crippen LogP contribution >= 0.6 is 0 Å². The van der Waals surface area contributed by atoms with Crippen molar-refractivity contribution in [2.24, 2.45) is 5.73 Å². The van der Waals surface area contributed by atoms with Crippen LogP contribution in [0.25, 0.3) is 0 Å². The summed E-state index contributed by atoms with van der Waals surface area (Å²) in [5.74, 6) is 0.713. The number of hydrogen-bond donors (Lipinski definition) is 2. The lowest BCUT2D eigenvalue weighted by Gasteiger charge is -2.09. The Morgan fingerprint density at radius 2 is 1.95 bits per heavy atom. The Bertz CT molecular complexity index is 627. The number of nitro groups is 1. The fraction of sp³-hybridized carbons (Fsp3) is 0.200. The zero-order valence-electron chi connectivity index (χ0n) is 11.7. The molecule has 0 heterocycles. The monoisotopic (exact) mass is 287 g/mol. The first-order valence-electron chi connectivity index (χ1n) is 6.55. The van der Waals surface area contributed by atoms with E-state index in [4.69, 9.17) is 10.5 Å². The number of rotatable bonds is 6. The lowest BCUT2D eigenvalue weighted by molar-refractivity contribution is -0.383. The predicted octanol–water partition coefficient (Wildman–Crippen LogP) is 2.98. The standard InChI is InChI=1S/C15H17N3O3/c1-11-2-7-15(18(19)20)14(10-11)17-12-3-5-13(6-4-12)21-9-8-16/h2-7,10,17H,8-9,16H2,1H3. The van der Waals surface area contributed by atoms with E-state index in [2.05, 4.69) is 5.32 Å². The van der Waals surface area contributed by atoms with E-state index in [0.717, 1.165) is 11.3 Å². The van der Waals surface area contributed by atoms with E-state index >= 15 is 0 Å². The molecule has 6 heteroatoms. The molecule has 0 radical (unpaired) electrons. The summed E-state index contributed by atoms with van der Waals surface area (Å²) in [6.45, 7) is 2.80. The Kier molecular flexibility index (Phi) is 4.73. The Labute approximate surface area is 122 Å². The molecule has 0 fully saturated rings. The van der Waals surface area contributed by atoms with Gasteiger partial charge in [-0.2, -0.15) is 0 Å². The van der Waals surface area contributed by atoms with Crippen molar-refractivity contribution in [3.63, 3.8) is 0 Å². The number of anilines is 2. The normalized spacial score (nSPS) is 10.2. The number of nitro benzene ring substituents is 1. The number of benzene rings is 2. The van der Waals surface area contributed by atoms with Gasteiger partial charge >= 0.3 is 0 Å². The smallest absolute Gasteiger partial charge is 0.292 e. The number of nitrogens with zero attached hydrogens (tertiary/aromatic N) is 1. The first-order chi connectivity index (χ1) is 10.1. The van der Waals surface area contributed by atoms with Crippen molar-refractivity contribution in [2.45, 2.75) is 6.92 Å². The van der Waals surface area contributed by atoms with Crippen molar-refractivity contribution < 1.29 is 9.66 Å². The van der Waals surface area contributed by atoms with Crippen LogP contribution in [0.3, 0.4) is 0 Å². The number of nitrogens with one attached hydrogen (secondary N) is 1. The molecule has 2 rings (SSSR count). The Balaban J connectivity index is 2.18. The van der Waals surface area contributed by atoms with Gasteiger partial charge in [-0.25, -0.2) is 0 Å². The van der Waals surface area contributed by atoms with Crippen LogP contribution in [0.4, 0.5) is 17.1 Å². The van der Waals surface area contributed by atoms with Crippen LogP contribution in [0.2, 0.25) is 0 Å². The Morgan fingerprint density at radius 1 is 1.24 bits per heavy atom. The summed E-state index contributed by atoms with van der Waals surface area (Å²) in [6, 6.07) is 12.1. The molecule has 6 nitrogen and oxygen atoms in total. The second-order valence-electron chi connectivity index (χ2n) is 4.56. The Hall–Kier alpha value is -2.60. The van der Waals surface area contributed by atoms with Gasteiger partial charge in [0.1, 0.15) is 18.0 Å². The molecule has 0 aliphatic heterocycles. The van der Waals surface area contributed by atoms with Crippen molar-refractivity contribution in [1.82, 2.24) is 0 Å². The molecule has 3 N–H and O–H groups in total. The van der Waals surface area contributed by atoms with Gasteiger partial charge in [0.2, 0.25) is 0 Å². The molecule has 0 unspecified atom stereocenters. The summed E-state index contributed by atoms with van der Waals surface area (Å²) in [7, 11) is 0. The fourth-order valence-corrected chi connectivity index (χ4v) is 1.88. The average Bonchev–Trinajstić information content (AvgIpc) is 2.46. The van der Waals surface area contributed by atoms with E-state index in [1.165, 1.54) is 6.07 Å². The number of aryl methyl sites for hydroxylation is 1. The third kappa shape index (κ3) is 3.93. The second-order valence-corrected chi connectivity index (χ2v) is 4.56. The van der Waals surface area contributed by atoms with Gasteiger partial charge in [0.05, 0.1) is 4.92 Å². The molecule has 0 bridgehead atoms. The molecule has 110 valence electrons. The maximum Gasteiger partial charge on any atom is 0.292 e. The predicted molar refractivity (Wildman–Crippen MR) is 82.1 cm³/mol. The van der Waals surface area contributed by atoms with E-state index in [-0.39, 0.29) is 5.69 Å². The number of hydrogen-bond acceptors (Lipinski definition) is 5. The van der Waals surface area contributed by atoms with E-state index in [9.17, 15) is 10.1 Å². The lowest BCUT2D eigenvalue weighted by atomic mass is 10.2. The first-order valence-corrected chi connectivity index (χ1v) is 6.55. The van der Waals surface area contributed by atoms with E-state index in [0.29, 0.717) is 24.6 Å². The maximum atomic E-state index is 11.0. The van der Waals surface area contributed by atoms with Crippen molar-refractivity contribution in [3.8, 4) is 5.75 Å². The maximum absolute atomic E-state index is 11.0. The van der Waals surface area contributed by atoms with E-state index < -0.39 is 4.92 Å². The van der Waals surface area contributed by atoms with Crippen LogP contribution in [0.15, 0.2) is 42.5 Å². The van der Waals surface area contributed by atoms with Crippen LogP contribution in [0.5, 0.6) is 5.75 Å². The van der Waals surface area contributed by atoms with Gasteiger partial charge in [0.25, 0.3) is 5.69 Å². The van der Waals surface area contributed by atoms with Crippen LogP contribution in [0.1, 0.15) is 5.56 Å². The highest BCUT2D eigenvalue weighted by molar-refractivity contribution is 5.70. The van der Waals surface area contributed by atoms with Crippen molar-refractivity contribution in [2.75, 3.05) is 18.5 Å². The summed E-state index contributed by atoms with van der Waals surface area (Å²) in [5, 5.41) is 14.1. The van der Waals surface area contributed by atoms with Crippen molar-refractivity contribution in [1.29, 1.82) is 0 Å². The fourth-order valence-electron chi connectivity index (χ4n) is 1.88. The largest absolute Gasteiger partial charge is 0.492 e. The minimum Gasteiger partial charge on any atom is -0.492 e. The van der Waals surface area contributed by atoms with Crippen LogP contribution in [-0.4, -0.2) is 18.1 Å². The lowest BCUT2D eigenvalue weighted by Crippen LogP contribution is -2.10. The highest BCUT2D eigenvalue weighted by Gasteiger charge is 2.13. The topological polar surface area (TPSA) is 90.4 Å². The molecule has 2 aromatic rings. The van der Waals surface area contributed by atoms with E-state index in [1.807, 2.05) is 6.92 Å². The Morgan fingerprint density at radius 3 is 2.57 bits per heavy atom. The van der Waals surface area contributed by atoms with Gasteiger partial charge < -0.3 is 15.8 Å². The van der Waals surface area contributed by atoms with Crippen LogP contribution < -0.4 is 15.8 Å². The third-order valence-corrected chi connectivity index (χ3v) is 2.87. The summed E-state index contributed by atoms with van der Waals surface area (Å²) in [6.07, 6.45) is 0. The van der Waals surface area contributed by atoms with Gasteiger partial charge in [-0.1, -0.05) is 6.07 Å². The quantitative estimate of drug-likeness (QED) is 0.629. The summed E-state index contributed by atoms with van der Waals surface area (Å²) in [5.41, 5.74) is 7.58. The second kappa shape index (κ2) is 6.71. The first kappa shape index (κ1) is 14.8. The molecule has 0 aromatic heterocycles. The minimum atomic E-state index is -0.402. The SMILES string of the molecule is Cc1ccc([N+](=O)[O-])c(Nc2ccc(OCCN)cc2)c1. The number of nitrogens with two attached hydrogens (primary N) is 1. The number of ether oxygens (including phenoxy) is 1.